The van der Waals surface area contributed by atoms with Gasteiger partial charge >= 0.3 is 0 Å². The molecule has 0 aliphatic rings. The minimum Gasteiger partial charge on any atom is -0.321 e. The van der Waals surface area contributed by atoms with Gasteiger partial charge < -0.3 is 5.32 Å². The fourth-order valence-corrected chi connectivity index (χ4v) is 2.60. The average Bonchev–Trinajstić information content (AvgIpc) is 2.60. The van der Waals surface area contributed by atoms with E-state index >= 15 is 0 Å². The Morgan fingerprint density at radius 3 is 2.20 bits per heavy atom. The second-order valence-electron chi connectivity index (χ2n) is 6.69. The Morgan fingerprint density at radius 1 is 1.00 bits per heavy atom. The number of nitrogens with one attached hydrogen (secondary N) is 1. The van der Waals surface area contributed by atoms with Gasteiger partial charge in [0.1, 0.15) is 11.6 Å². The van der Waals surface area contributed by atoms with Crippen LogP contribution in [0, 0.1) is 11.3 Å². The zero-order valence-corrected chi connectivity index (χ0v) is 15.2. The van der Waals surface area contributed by atoms with Crippen molar-refractivity contribution in [3.63, 3.8) is 0 Å². The predicted octanol–water partition coefficient (Wildman–Crippen LogP) is 5.48. The summed E-state index contributed by atoms with van der Waals surface area (Å²) < 4.78 is 0. The van der Waals surface area contributed by atoms with Crippen LogP contribution in [0.1, 0.15) is 56.2 Å². The minimum absolute atomic E-state index is 0.0934. The zero-order valence-electron chi connectivity index (χ0n) is 15.2. The van der Waals surface area contributed by atoms with E-state index in [1.807, 2.05) is 54.6 Å². The lowest BCUT2D eigenvalue weighted by Crippen LogP contribution is -2.15. The maximum absolute atomic E-state index is 12.5. The number of nitriles is 1. The number of carbonyl (C=O) groups excluding carboxylic acids is 1. The molecular weight excluding hydrogens is 308 g/mol. The molecule has 0 saturated heterocycles. The first-order valence-corrected chi connectivity index (χ1v) is 8.54. The van der Waals surface area contributed by atoms with E-state index < -0.39 is 0 Å². The molecular formula is C22H24N2O. The summed E-state index contributed by atoms with van der Waals surface area (Å²) >= 11 is 0. The summed E-state index contributed by atoms with van der Waals surface area (Å²) in [6.07, 6.45) is 1.62. The first-order chi connectivity index (χ1) is 11.9. The van der Waals surface area contributed by atoms with Crippen molar-refractivity contribution in [2.24, 2.45) is 0 Å². The monoisotopic (exact) mass is 332 g/mol. The standard InChI is InChI=1S/C22H24N2O/c1-15(2)18-11-9-17(10-12-18)13-19(14-23)22(25)24-21-8-6-5-7-20(21)16(3)4/h5-13,15-16H,1-4H3,(H,24,25)/b19-13+. The average molecular weight is 332 g/mol. The van der Waals surface area contributed by atoms with Crippen LogP contribution in [0.3, 0.4) is 0 Å². The summed E-state index contributed by atoms with van der Waals surface area (Å²) in [5.74, 6) is 0.349. The molecule has 3 heteroatoms. The normalized spacial score (nSPS) is 11.5. The maximum Gasteiger partial charge on any atom is 0.266 e. The third kappa shape index (κ3) is 4.81. The number of benzene rings is 2. The fourth-order valence-electron chi connectivity index (χ4n) is 2.60. The van der Waals surface area contributed by atoms with Crippen LogP contribution in [0.15, 0.2) is 54.1 Å². The Labute approximate surface area is 150 Å². The SMILES string of the molecule is CC(C)c1ccc(/C=C(\C#N)C(=O)Nc2ccccc2C(C)C)cc1. The molecule has 0 aromatic heterocycles. The second-order valence-corrected chi connectivity index (χ2v) is 6.69. The van der Waals surface area contributed by atoms with Crippen LogP contribution in [-0.4, -0.2) is 5.91 Å². The van der Waals surface area contributed by atoms with E-state index in [0.717, 1.165) is 16.8 Å². The molecule has 1 N–H and O–H groups in total. The van der Waals surface area contributed by atoms with E-state index in [9.17, 15) is 10.1 Å². The summed E-state index contributed by atoms with van der Waals surface area (Å²) in [6.45, 7) is 8.40. The van der Waals surface area contributed by atoms with Crippen LogP contribution in [0.5, 0.6) is 0 Å². The molecule has 0 bridgehead atoms. The highest BCUT2D eigenvalue weighted by atomic mass is 16.1. The molecule has 0 unspecified atom stereocenters. The summed E-state index contributed by atoms with van der Waals surface area (Å²) in [6, 6.07) is 17.6. The predicted molar refractivity (Wildman–Crippen MR) is 103 cm³/mol. The Kier molecular flexibility index (Phi) is 6.14. The van der Waals surface area contributed by atoms with Crippen LogP contribution >= 0.6 is 0 Å². The number of para-hydroxylation sites is 1. The van der Waals surface area contributed by atoms with Gasteiger partial charge in [0.2, 0.25) is 0 Å². The molecule has 0 saturated carbocycles. The van der Waals surface area contributed by atoms with Gasteiger partial charge in [0.05, 0.1) is 0 Å². The lowest BCUT2D eigenvalue weighted by atomic mass is 10.0. The van der Waals surface area contributed by atoms with Gasteiger partial charge in [-0.25, -0.2) is 0 Å². The number of carbonyl (C=O) groups is 1. The minimum atomic E-state index is -0.386. The molecule has 25 heavy (non-hydrogen) atoms. The third-order valence-electron chi connectivity index (χ3n) is 4.11. The molecule has 2 aromatic rings. The van der Waals surface area contributed by atoms with E-state index in [2.05, 4.69) is 33.0 Å². The highest BCUT2D eigenvalue weighted by Crippen LogP contribution is 2.24. The van der Waals surface area contributed by atoms with Gasteiger partial charge in [-0.15, -0.1) is 0 Å². The summed E-state index contributed by atoms with van der Waals surface area (Å²) in [5.41, 5.74) is 3.96. The van der Waals surface area contributed by atoms with Crippen molar-refractivity contribution in [1.82, 2.24) is 0 Å². The zero-order chi connectivity index (χ0) is 18.4. The van der Waals surface area contributed by atoms with Gasteiger partial charge in [0, 0.05) is 5.69 Å². The van der Waals surface area contributed by atoms with Crippen molar-refractivity contribution >= 4 is 17.7 Å². The molecule has 0 heterocycles. The van der Waals surface area contributed by atoms with Crippen LogP contribution in [0.25, 0.3) is 6.08 Å². The molecule has 0 aliphatic carbocycles. The van der Waals surface area contributed by atoms with E-state index in [1.165, 1.54) is 5.56 Å². The molecule has 0 fully saturated rings. The number of rotatable bonds is 5. The van der Waals surface area contributed by atoms with Gasteiger partial charge in [-0.3, -0.25) is 4.79 Å². The first-order valence-electron chi connectivity index (χ1n) is 8.54. The van der Waals surface area contributed by atoms with Crippen molar-refractivity contribution in [2.45, 2.75) is 39.5 Å². The molecule has 0 aliphatic heterocycles. The van der Waals surface area contributed by atoms with Crippen molar-refractivity contribution < 1.29 is 4.79 Å². The van der Waals surface area contributed by atoms with Crippen molar-refractivity contribution in [3.8, 4) is 6.07 Å². The Bertz CT molecular complexity index is 809. The third-order valence-corrected chi connectivity index (χ3v) is 4.11. The lowest BCUT2D eigenvalue weighted by Gasteiger charge is -2.13. The molecule has 128 valence electrons. The molecule has 0 radical (unpaired) electrons. The van der Waals surface area contributed by atoms with Gasteiger partial charge in [-0.2, -0.15) is 5.26 Å². The van der Waals surface area contributed by atoms with E-state index in [0.29, 0.717) is 5.92 Å². The number of hydrogen-bond donors (Lipinski definition) is 1. The van der Waals surface area contributed by atoms with Crippen LogP contribution in [-0.2, 0) is 4.79 Å². The maximum atomic E-state index is 12.5. The quantitative estimate of drug-likeness (QED) is 0.582. The second kappa shape index (κ2) is 8.30. The van der Waals surface area contributed by atoms with Crippen LogP contribution < -0.4 is 5.32 Å². The molecule has 2 rings (SSSR count). The van der Waals surface area contributed by atoms with Crippen LogP contribution in [0.4, 0.5) is 5.69 Å². The van der Waals surface area contributed by atoms with Gasteiger partial charge in [0.25, 0.3) is 5.91 Å². The van der Waals surface area contributed by atoms with Crippen molar-refractivity contribution in [2.75, 3.05) is 5.32 Å². The number of hydrogen-bond acceptors (Lipinski definition) is 2. The van der Waals surface area contributed by atoms with Gasteiger partial charge in [-0.1, -0.05) is 70.2 Å². The lowest BCUT2D eigenvalue weighted by molar-refractivity contribution is -0.112. The number of anilines is 1. The molecule has 2 aromatic carbocycles. The van der Waals surface area contributed by atoms with E-state index in [4.69, 9.17) is 0 Å². The first kappa shape index (κ1) is 18.5. The van der Waals surface area contributed by atoms with Gasteiger partial charge in [-0.05, 0) is 40.7 Å². The Morgan fingerprint density at radius 2 is 1.64 bits per heavy atom. The topological polar surface area (TPSA) is 52.9 Å². The van der Waals surface area contributed by atoms with Crippen molar-refractivity contribution in [3.05, 3.63) is 70.8 Å². The Balaban J connectivity index is 2.23. The molecule has 3 nitrogen and oxygen atoms in total. The number of amides is 1. The summed E-state index contributed by atoms with van der Waals surface area (Å²) in [4.78, 5) is 12.5. The number of nitrogens with zero attached hydrogens (tertiary/aromatic N) is 1. The summed E-state index contributed by atoms with van der Waals surface area (Å²) in [7, 11) is 0. The fraction of sp³-hybridized carbons (Fsp3) is 0.273. The highest BCUT2D eigenvalue weighted by Gasteiger charge is 2.13. The largest absolute Gasteiger partial charge is 0.321 e. The van der Waals surface area contributed by atoms with E-state index in [1.54, 1.807) is 6.08 Å². The van der Waals surface area contributed by atoms with Crippen molar-refractivity contribution in [1.29, 1.82) is 5.26 Å². The highest BCUT2D eigenvalue weighted by molar-refractivity contribution is 6.10. The van der Waals surface area contributed by atoms with Gasteiger partial charge in [0.15, 0.2) is 0 Å². The van der Waals surface area contributed by atoms with Crippen LogP contribution in [0.2, 0.25) is 0 Å². The van der Waals surface area contributed by atoms with E-state index in [-0.39, 0.29) is 17.4 Å². The summed E-state index contributed by atoms with van der Waals surface area (Å²) in [5, 5.41) is 12.2. The molecule has 0 spiro atoms. The smallest absolute Gasteiger partial charge is 0.266 e. The Hall–Kier alpha value is -2.86. The molecule has 0 atom stereocenters. The molecule has 1 amide bonds.